The lowest BCUT2D eigenvalue weighted by atomic mass is 9.90. The van der Waals surface area contributed by atoms with Crippen molar-refractivity contribution in [3.8, 4) is 0 Å². The van der Waals surface area contributed by atoms with E-state index in [2.05, 4.69) is 113 Å². The molecule has 0 saturated carbocycles. The van der Waals surface area contributed by atoms with Gasteiger partial charge in [0.15, 0.2) is 0 Å². The molecule has 3 heterocycles. The van der Waals surface area contributed by atoms with E-state index in [0.717, 1.165) is 61.6 Å². The fourth-order valence-electron chi connectivity index (χ4n) is 6.80. The number of H-pyrrole nitrogens is 1. The molecule has 3 aromatic carbocycles. The molecule has 6 heteroatoms. The zero-order valence-corrected chi connectivity index (χ0v) is 25.9. The van der Waals surface area contributed by atoms with Crippen LogP contribution < -0.4 is 5.32 Å². The van der Waals surface area contributed by atoms with Crippen molar-refractivity contribution in [2.75, 3.05) is 0 Å². The number of aromatic nitrogens is 4. The Hall–Kier alpha value is -4.65. The zero-order chi connectivity index (χ0) is 30.4. The topological polar surface area (TPSA) is 69.7 Å². The van der Waals surface area contributed by atoms with Crippen LogP contribution in [0.2, 0.25) is 0 Å². The fraction of sp³-hybridized carbons (Fsp3) is 0.256. The van der Waals surface area contributed by atoms with Gasteiger partial charge in [-0.3, -0.25) is 14.9 Å². The van der Waals surface area contributed by atoms with E-state index in [-0.39, 0.29) is 12.0 Å². The van der Waals surface area contributed by atoms with Crippen LogP contribution in [0.15, 0.2) is 116 Å². The molecule has 2 N–H and O–H groups in total. The molecule has 0 aliphatic heterocycles. The van der Waals surface area contributed by atoms with E-state index in [1.807, 2.05) is 24.5 Å². The van der Waals surface area contributed by atoms with Gasteiger partial charge in [0.2, 0.25) is 0 Å². The third-order valence-corrected chi connectivity index (χ3v) is 9.09. The highest BCUT2D eigenvalue weighted by molar-refractivity contribution is 5.74. The summed E-state index contributed by atoms with van der Waals surface area (Å²) >= 11 is 0. The van der Waals surface area contributed by atoms with Crippen LogP contribution in [0, 0.1) is 0 Å². The Labute approximate surface area is 265 Å². The molecule has 45 heavy (non-hydrogen) atoms. The second kappa shape index (κ2) is 13.6. The average molecular weight is 593 g/mol. The molecule has 226 valence electrons. The first-order valence-corrected chi connectivity index (χ1v) is 16.1. The molecule has 2 atom stereocenters. The summed E-state index contributed by atoms with van der Waals surface area (Å²) < 4.78 is 0. The Kier molecular flexibility index (Phi) is 8.76. The van der Waals surface area contributed by atoms with Crippen LogP contribution in [0.4, 0.5) is 0 Å². The van der Waals surface area contributed by atoms with Crippen molar-refractivity contribution in [1.29, 1.82) is 0 Å². The molecule has 1 aliphatic rings. The Morgan fingerprint density at radius 3 is 2.56 bits per heavy atom. The Balaban J connectivity index is 1.08. The molecule has 0 amide bonds. The summed E-state index contributed by atoms with van der Waals surface area (Å²) in [5, 5.41) is 3.68. The number of nitrogens with zero attached hydrogens (tertiary/aromatic N) is 4. The molecule has 7 rings (SSSR count). The van der Waals surface area contributed by atoms with Crippen LogP contribution in [0.3, 0.4) is 0 Å². The minimum atomic E-state index is 0.249. The molecule has 0 bridgehead atoms. The van der Waals surface area contributed by atoms with Crippen molar-refractivity contribution in [3.63, 3.8) is 0 Å². The summed E-state index contributed by atoms with van der Waals surface area (Å²) in [6, 6.07) is 36.7. The molecular formula is C39H40N6. The Morgan fingerprint density at radius 2 is 1.64 bits per heavy atom. The maximum Gasteiger partial charge on any atom is 0.121 e. The minimum Gasteiger partial charge on any atom is -0.341 e. The van der Waals surface area contributed by atoms with Crippen molar-refractivity contribution >= 4 is 11.0 Å². The number of aryl methyl sites for hydroxylation is 1. The van der Waals surface area contributed by atoms with Crippen LogP contribution in [0.1, 0.15) is 76.8 Å². The molecule has 0 spiro atoms. The normalized spacial score (nSPS) is 15.3. The van der Waals surface area contributed by atoms with Crippen molar-refractivity contribution in [3.05, 3.63) is 161 Å². The fourth-order valence-corrected chi connectivity index (χ4v) is 6.80. The lowest BCUT2D eigenvalue weighted by Crippen LogP contribution is -2.32. The van der Waals surface area contributed by atoms with E-state index in [9.17, 15) is 0 Å². The van der Waals surface area contributed by atoms with Gasteiger partial charge in [0.25, 0.3) is 0 Å². The monoisotopic (exact) mass is 592 g/mol. The van der Waals surface area contributed by atoms with Gasteiger partial charge >= 0.3 is 0 Å². The lowest BCUT2D eigenvalue weighted by Gasteiger charge is -2.34. The summed E-state index contributed by atoms with van der Waals surface area (Å²) in [5.41, 5.74) is 10.9. The third-order valence-electron chi connectivity index (χ3n) is 9.09. The Morgan fingerprint density at radius 1 is 0.822 bits per heavy atom. The smallest absolute Gasteiger partial charge is 0.121 e. The molecular weight excluding hydrogens is 552 g/mol. The largest absolute Gasteiger partial charge is 0.341 e. The van der Waals surface area contributed by atoms with Gasteiger partial charge in [0, 0.05) is 37.9 Å². The van der Waals surface area contributed by atoms with Crippen molar-refractivity contribution in [2.24, 2.45) is 0 Å². The van der Waals surface area contributed by atoms with E-state index in [4.69, 9.17) is 15.0 Å². The van der Waals surface area contributed by atoms with Crippen molar-refractivity contribution in [2.45, 2.75) is 64.3 Å². The maximum atomic E-state index is 4.94. The van der Waals surface area contributed by atoms with Gasteiger partial charge in [-0.15, -0.1) is 0 Å². The van der Waals surface area contributed by atoms with E-state index in [0.29, 0.717) is 0 Å². The van der Waals surface area contributed by atoms with Gasteiger partial charge in [0.1, 0.15) is 5.82 Å². The van der Waals surface area contributed by atoms with Crippen LogP contribution in [0.25, 0.3) is 11.0 Å². The van der Waals surface area contributed by atoms with Crippen LogP contribution >= 0.6 is 0 Å². The molecule has 3 aromatic heterocycles. The number of hydrogen-bond acceptors (Lipinski definition) is 5. The van der Waals surface area contributed by atoms with Crippen LogP contribution in [0.5, 0.6) is 0 Å². The molecule has 6 aromatic rings. The quantitative estimate of drug-likeness (QED) is 0.160. The lowest BCUT2D eigenvalue weighted by molar-refractivity contribution is 0.153. The average Bonchev–Trinajstić information content (AvgIpc) is 3.51. The number of pyridine rings is 2. The van der Waals surface area contributed by atoms with Gasteiger partial charge in [-0.25, -0.2) is 4.98 Å². The van der Waals surface area contributed by atoms with E-state index < -0.39 is 0 Å². The summed E-state index contributed by atoms with van der Waals surface area (Å²) in [6.07, 6.45) is 7.20. The summed E-state index contributed by atoms with van der Waals surface area (Å²) in [4.78, 5) is 20.7. The number of fused-ring (bicyclic) bond motifs is 2. The number of benzene rings is 3. The number of nitrogens with one attached hydrogen (secondary N) is 2. The molecule has 2 unspecified atom stereocenters. The summed E-state index contributed by atoms with van der Waals surface area (Å²) in [6.45, 7) is 5.32. The van der Waals surface area contributed by atoms with Gasteiger partial charge < -0.3 is 10.3 Å². The van der Waals surface area contributed by atoms with Gasteiger partial charge in [-0.05, 0) is 71.3 Å². The summed E-state index contributed by atoms with van der Waals surface area (Å²) in [7, 11) is 0. The first-order valence-electron chi connectivity index (χ1n) is 16.1. The first-order chi connectivity index (χ1) is 22.2. The second-order valence-corrected chi connectivity index (χ2v) is 12.2. The highest BCUT2D eigenvalue weighted by atomic mass is 15.2. The first kappa shape index (κ1) is 29.1. The predicted octanol–water partition coefficient (Wildman–Crippen LogP) is 7.87. The molecule has 1 aliphatic carbocycles. The minimum absolute atomic E-state index is 0.249. The van der Waals surface area contributed by atoms with Crippen molar-refractivity contribution in [1.82, 2.24) is 30.2 Å². The van der Waals surface area contributed by atoms with Gasteiger partial charge in [0.05, 0.1) is 35.0 Å². The number of para-hydroxylation sites is 2. The Bertz CT molecular complexity index is 1830. The highest BCUT2D eigenvalue weighted by Gasteiger charge is 2.28. The number of rotatable bonds is 11. The van der Waals surface area contributed by atoms with E-state index in [1.54, 1.807) is 0 Å². The maximum absolute atomic E-state index is 4.94. The van der Waals surface area contributed by atoms with Gasteiger partial charge in [-0.1, -0.05) is 85.8 Å². The van der Waals surface area contributed by atoms with Crippen LogP contribution in [-0.4, -0.2) is 24.8 Å². The van der Waals surface area contributed by atoms with E-state index in [1.165, 1.54) is 39.9 Å². The number of imidazole rings is 1. The predicted molar refractivity (Wildman–Crippen MR) is 180 cm³/mol. The highest BCUT2D eigenvalue weighted by Crippen LogP contribution is 2.35. The molecule has 0 radical (unpaired) electrons. The second-order valence-electron chi connectivity index (χ2n) is 12.2. The number of hydrogen-bond donors (Lipinski definition) is 2. The van der Waals surface area contributed by atoms with Crippen LogP contribution in [-0.2, 0) is 32.6 Å². The van der Waals surface area contributed by atoms with E-state index >= 15 is 0 Å². The van der Waals surface area contributed by atoms with Crippen molar-refractivity contribution < 1.29 is 0 Å². The third kappa shape index (κ3) is 6.72. The zero-order valence-electron chi connectivity index (χ0n) is 25.9. The molecule has 0 fully saturated rings. The standard InChI is InChI=1S/C39H40N6/c1-28(31-13-3-2-4-14-31)33-17-10-21-41-36(33)25-40-24-29-11-7-12-30(23-29)26-45(27-38-43-34-18-5-6-19-35(34)44-38)37-20-8-15-32-16-9-22-42-39(32)37/h2-7,9-14,16-19,21-23,28,37,40H,8,15,20,24-27H2,1H3,(H,43,44). The summed E-state index contributed by atoms with van der Waals surface area (Å²) in [5.74, 6) is 1.28. The number of aromatic amines is 1. The molecule has 6 nitrogen and oxygen atoms in total. The van der Waals surface area contributed by atoms with Gasteiger partial charge in [-0.2, -0.15) is 0 Å². The molecule has 0 saturated heterocycles. The SMILES string of the molecule is CC(c1ccccc1)c1cccnc1CNCc1cccc(CN(Cc2nc3ccccc3[nH]2)C2CCCc3cccnc32)c1.